The molecule has 146 valence electrons. The Bertz CT molecular complexity index is 1020. The highest BCUT2D eigenvalue weighted by Gasteiger charge is 2.23. The van der Waals surface area contributed by atoms with Crippen molar-refractivity contribution in [3.63, 3.8) is 0 Å². The van der Waals surface area contributed by atoms with Crippen molar-refractivity contribution in [1.29, 1.82) is 0 Å². The fourth-order valence-electron chi connectivity index (χ4n) is 2.62. The molecule has 0 saturated carbocycles. The summed E-state index contributed by atoms with van der Waals surface area (Å²) >= 11 is 2.02. The number of aryl methyl sites for hydroxylation is 1. The van der Waals surface area contributed by atoms with Gasteiger partial charge >= 0.3 is 0 Å². The van der Waals surface area contributed by atoms with E-state index in [4.69, 9.17) is 9.57 Å². The molecule has 2 heterocycles. The second-order valence-electron chi connectivity index (χ2n) is 5.61. The number of carbonyl (C=O) groups excluding carboxylic acids is 1. The van der Waals surface area contributed by atoms with Crippen molar-refractivity contribution in [3.05, 3.63) is 58.4 Å². The number of carbonyl (C=O) groups is 1. The number of aromatic nitrogens is 3. The Balaban J connectivity index is 1.94. The number of halogens is 2. The molecule has 10 heteroatoms. The van der Waals surface area contributed by atoms with Crippen molar-refractivity contribution >= 4 is 50.9 Å². The fraction of sp³-hybridized carbons (Fsp3) is 0.167. The maximum atomic E-state index is 14.3. The number of benzene rings is 1. The van der Waals surface area contributed by atoms with Crippen LogP contribution in [0.15, 0.2) is 43.3 Å². The zero-order chi connectivity index (χ0) is 20.1. The van der Waals surface area contributed by atoms with Crippen LogP contribution in [0.5, 0.6) is 0 Å². The van der Waals surface area contributed by atoms with E-state index in [0.29, 0.717) is 16.7 Å². The number of hydrogen-bond acceptors (Lipinski definition) is 6. The number of ether oxygens (including phenoxy) is 1. The topological polar surface area (TPSA) is 90.3 Å². The zero-order valence-electron chi connectivity index (χ0n) is 14.9. The van der Waals surface area contributed by atoms with Gasteiger partial charge in [-0.15, -0.1) is 5.10 Å². The third-order valence-corrected chi connectivity index (χ3v) is 4.53. The molecule has 0 unspecified atom stereocenters. The molecule has 3 aromatic rings. The lowest BCUT2D eigenvalue weighted by Crippen LogP contribution is -2.27. The van der Waals surface area contributed by atoms with Crippen LogP contribution < -0.4 is 10.8 Å². The number of amides is 1. The summed E-state index contributed by atoms with van der Waals surface area (Å²) in [7, 11) is 1.70. The molecule has 3 rings (SSSR count). The minimum Gasteiger partial charge on any atom is -0.499 e. The molecule has 0 aliphatic heterocycles. The standard InChI is InChI=1S/C18H17FIN5O3/c1-3-27-8-9-28-24-18(26)17-16(15-14(25(17)2)6-7-21-23-15)22-13-5-4-11(20)10-12(13)19/h3-7,10,22H,1,8-9H2,2H3,(H,24,26). The van der Waals surface area contributed by atoms with Gasteiger partial charge in [-0.1, -0.05) is 6.58 Å². The lowest BCUT2D eigenvalue weighted by molar-refractivity contribution is 0.0140. The first-order valence-electron chi connectivity index (χ1n) is 8.19. The lowest BCUT2D eigenvalue weighted by atomic mass is 10.2. The Morgan fingerprint density at radius 1 is 1.39 bits per heavy atom. The summed E-state index contributed by atoms with van der Waals surface area (Å²) in [6, 6.07) is 6.46. The third-order valence-electron chi connectivity index (χ3n) is 3.86. The third kappa shape index (κ3) is 4.22. The molecule has 0 aliphatic carbocycles. The van der Waals surface area contributed by atoms with Crippen molar-refractivity contribution in [2.45, 2.75) is 0 Å². The van der Waals surface area contributed by atoms with Crippen LogP contribution in [0, 0.1) is 9.39 Å². The summed E-state index contributed by atoms with van der Waals surface area (Å²) in [5.41, 5.74) is 4.21. The van der Waals surface area contributed by atoms with Crippen LogP contribution in [0.2, 0.25) is 0 Å². The van der Waals surface area contributed by atoms with Gasteiger partial charge in [-0.3, -0.25) is 9.63 Å². The summed E-state index contributed by atoms with van der Waals surface area (Å²) in [5.74, 6) is -0.968. The van der Waals surface area contributed by atoms with E-state index in [1.165, 1.54) is 18.5 Å². The Kier molecular flexibility index (Phi) is 6.41. The van der Waals surface area contributed by atoms with Crippen molar-refractivity contribution in [2.75, 3.05) is 18.5 Å². The quantitative estimate of drug-likeness (QED) is 0.215. The summed E-state index contributed by atoms with van der Waals surface area (Å²) in [5, 5.41) is 10.9. The molecule has 1 amide bonds. The van der Waals surface area contributed by atoms with Crippen LogP contribution in [-0.4, -0.2) is 33.9 Å². The molecule has 0 atom stereocenters. The van der Waals surface area contributed by atoms with Crippen LogP contribution in [0.3, 0.4) is 0 Å². The molecule has 0 fully saturated rings. The van der Waals surface area contributed by atoms with Gasteiger partial charge in [0.1, 0.15) is 30.2 Å². The molecule has 28 heavy (non-hydrogen) atoms. The average Bonchev–Trinajstić information content (AvgIpc) is 2.96. The molecule has 2 N–H and O–H groups in total. The molecule has 1 aromatic carbocycles. The smallest absolute Gasteiger partial charge is 0.293 e. The highest BCUT2D eigenvalue weighted by Crippen LogP contribution is 2.32. The van der Waals surface area contributed by atoms with E-state index in [2.05, 4.69) is 27.6 Å². The van der Waals surface area contributed by atoms with E-state index >= 15 is 0 Å². The largest absolute Gasteiger partial charge is 0.499 e. The summed E-state index contributed by atoms with van der Waals surface area (Å²) in [6.45, 7) is 3.79. The first-order chi connectivity index (χ1) is 13.5. The summed E-state index contributed by atoms with van der Waals surface area (Å²) in [6.07, 6.45) is 2.80. The Morgan fingerprint density at radius 3 is 2.96 bits per heavy atom. The van der Waals surface area contributed by atoms with Gasteiger partial charge in [-0.05, 0) is 46.9 Å². The molecule has 0 saturated heterocycles. The number of anilines is 2. The minimum absolute atomic E-state index is 0.135. The number of rotatable bonds is 8. The van der Waals surface area contributed by atoms with Gasteiger partial charge in [-0.2, -0.15) is 5.10 Å². The predicted molar refractivity (Wildman–Crippen MR) is 110 cm³/mol. The normalized spacial score (nSPS) is 10.7. The second-order valence-corrected chi connectivity index (χ2v) is 6.86. The van der Waals surface area contributed by atoms with Gasteiger partial charge in [0.25, 0.3) is 5.91 Å². The van der Waals surface area contributed by atoms with Crippen LogP contribution >= 0.6 is 22.6 Å². The van der Waals surface area contributed by atoms with Crippen LogP contribution in [0.25, 0.3) is 11.0 Å². The monoisotopic (exact) mass is 497 g/mol. The minimum atomic E-state index is -0.521. The van der Waals surface area contributed by atoms with E-state index < -0.39 is 11.7 Å². The van der Waals surface area contributed by atoms with Crippen LogP contribution in [0.4, 0.5) is 15.8 Å². The highest BCUT2D eigenvalue weighted by molar-refractivity contribution is 14.1. The summed E-state index contributed by atoms with van der Waals surface area (Å²) in [4.78, 5) is 17.8. The number of fused-ring (bicyclic) bond motifs is 1. The molecule has 8 nitrogen and oxygen atoms in total. The molecule has 2 aromatic heterocycles. The summed E-state index contributed by atoms with van der Waals surface area (Å²) < 4.78 is 21.7. The molecular weight excluding hydrogens is 480 g/mol. The average molecular weight is 497 g/mol. The van der Waals surface area contributed by atoms with Crippen LogP contribution in [0.1, 0.15) is 10.5 Å². The van der Waals surface area contributed by atoms with Crippen LogP contribution in [-0.2, 0) is 16.6 Å². The van der Waals surface area contributed by atoms with E-state index in [1.54, 1.807) is 29.8 Å². The van der Waals surface area contributed by atoms with E-state index in [-0.39, 0.29) is 24.6 Å². The fourth-order valence-corrected chi connectivity index (χ4v) is 3.08. The number of hydrogen-bond donors (Lipinski definition) is 2. The first kappa shape index (κ1) is 20.0. The Hall–Kier alpha value is -2.73. The van der Waals surface area contributed by atoms with E-state index in [9.17, 15) is 9.18 Å². The maximum absolute atomic E-state index is 14.3. The van der Waals surface area contributed by atoms with Crippen molar-refractivity contribution < 1.29 is 18.8 Å². The van der Waals surface area contributed by atoms with Crippen molar-refractivity contribution in [1.82, 2.24) is 20.2 Å². The maximum Gasteiger partial charge on any atom is 0.293 e. The molecule has 0 aliphatic rings. The molecule has 0 bridgehead atoms. The molecular formula is C18H17FIN5O3. The zero-order valence-corrected chi connectivity index (χ0v) is 17.1. The van der Waals surface area contributed by atoms with Gasteiger partial charge in [0, 0.05) is 10.6 Å². The van der Waals surface area contributed by atoms with Gasteiger partial charge in [0.05, 0.1) is 29.4 Å². The van der Waals surface area contributed by atoms with Gasteiger partial charge < -0.3 is 14.6 Å². The van der Waals surface area contributed by atoms with Gasteiger partial charge in [0.15, 0.2) is 0 Å². The molecule has 0 radical (unpaired) electrons. The number of nitrogens with one attached hydrogen (secondary N) is 2. The van der Waals surface area contributed by atoms with Crippen molar-refractivity contribution in [2.24, 2.45) is 7.05 Å². The van der Waals surface area contributed by atoms with E-state index in [1.807, 2.05) is 22.6 Å². The van der Waals surface area contributed by atoms with Gasteiger partial charge in [-0.25, -0.2) is 9.87 Å². The lowest BCUT2D eigenvalue weighted by Gasteiger charge is -2.11. The Labute approximate surface area is 173 Å². The van der Waals surface area contributed by atoms with Gasteiger partial charge in [0.2, 0.25) is 0 Å². The van der Waals surface area contributed by atoms with Crippen molar-refractivity contribution in [3.8, 4) is 0 Å². The second kappa shape index (κ2) is 8.97. The first-order valence-corrected chi connectivity index (χ1v) is 9.27. The SMILES string of the molecule is C=COCCONC(=O)c1c(Nc2ccc(I)cc2F)c2nnccc2n1C. The Morgan fingerprint density at radius 2 is 2.21 bits per heavy atom. The predicted octanol–water partition coefficient (Wildman–Crippen LogP) is 3.28. The molecule has 0 spiro atoms. The van der Waals surface area contributed by atoms with E-state index in [0.717, 1.165) is 3.57 Å². The highest BCUT2D eigenvalue weighted by atomic mass is 127. The number of nitrogens with zero attached hydrogens (tertiary/aromatic N) is 3. The number of hydroxylamine groups is 1.